The lowest BCUT2D eigenvalue weighted by Gasteiger charge is -2.00. The average Bonchev–Trinajstić information content (AvgIpc) is 2.16. The molecule has 5 heteroatoms. The zero-order valence-corrected chi connectivity index (χ0v) is 7.96. The first-order valence-corrected chi connectivity index (χ1v) is 4.09. The lowest BCUT2D eigenvalue weighted by Crippen LogP contribution is -1.97. The molecule has 0 aromatic heterocycles. The second-order valence-electron chi connectivity index (χ2n) is 2.66. The molecule has 0 heterocycles. The van der Waals surface area contributed by atoms with Gasteiger partial charge in [-0.25, -0.2) is 13.6 Å². The Morgan fingerprint density at radius 2 is 1.93 bits per heavy atom. The molecular weight excluding hydrogens is 204 g/mol. The van der Waals surface area contributed by atoms with E-state index in [2.05, 4.69) is 10.1 Å². The SMILES string of the molecule is COC(=O)/C=C/Nc1cc(F)cc(F)c1. The number of rotatable bonds is 3. The highest BCUT2D eigenvalue weighted by Crippen LogP contribution is 2.12. The number of nitrogens with one attached hydrogen (secondary N) is 1. The van der Waals surface area contributed by atoms with Crippen molar-refractivity contribution in [3.8, 4) is 0 Å². The van der Waals surface area contributed by atoms with E-state index in [1.54, 1.807) is 0 Å². The highest BCUT2D eigenvalue weighted by molar-refractivity contribution is 5.82. The zero-order chi connectivity index (χ0) is 11.3. The van der Waals surface area contributed by atoms with Gasteiger partial charge >= 0.3 is 5.97 Å². The Hall–Kier alpha value is -1.91. The smallest absolute Gasteiger partial charge is 0.331 e. The molecule has 3 nitrogen and oxygen atoms in total. The van der Waals surface area contributed by atoms with Crippen molar-refractivity contribution >= 4 is 11.7 Å². The monoisotopic (exact) mass is 213 g/mol. The number of carbonyl (C=O) groups is 1. The Kier molecular flexibility index (Phi) is 3.79. The number of esters is 1. The van der Waals surface area contributed by atoms with E-state index < -0.39 is 17.6 Å². The molecule has 0 unspecified atom stereocenters. The molecule has 0 radical (unpaired) electrons. The van der Waals surface area contributed by atoms with Crippen LogP contribution in [0.2, 0.25) is 0 Å². The molecule has 0 saturated carbocycles. The number of anilines is 1. The van der Waals surface area contributed by atoms with Crippen molar-refractivity contribution in [2.45, 2.75) is 0 Å². The fourth-order valence-corrected chi connectivity index (χ4v) is 0.911. The van der Waals surface area contributed by atoms with E-state index in [1.807, 2.05) is 0 Å². The number of halogens is 2. The topological polar surface area (TPSA) is 38.3 Å². The minimum absolute atomic E-state index is 0.215. The maximum Gasteiger partial charge on any atom is 0.331 e. The summed E-state index contributed by atoms with van der Waals surface area (Å²) in [5.41, 5.74) is 0.215. The van der Waals surface area contributed by atoms with E-state index in [1.165, 1.54) is 13.3 Å². The summed E-state index contributed by atoms with van der Waals surface area (Å²) in [6.45, 7) is 0. The van der Waals surface area contributed by atoms with E-state index in [0.29, 0.717) is 0 Å². The molecule has 0 atom stereocenters. The summed E-state index contributed by atoms with van der Waals surface area (Å²) in [7, 11) is 1.23. The van der Waals surface area contributed by atoms with Crippen molar-refractivity contribution in [2.75, 3.05) is 12.4 Å². The Bertz CT molecular complexity index is 371. The molecule has 1 aromatic rings. The maximum atomic E-state index is 12.7. The third-order valence-electron chi connectivity index (χ3n) is 1.53. The van der Waals surface area contributed by atoms with Gasteiger partial charge in [-0.15, -0.1) is 0 Å². The molecule has 0 aliphatic carbocycles. The quantitative estimate of drug-likeness (QED) is 0.617. The molecule has 1 N–H and O–H groups in total. The number of hydrogen-bond donors (Lipinski definition) is 1. The summed E-state index contributed by atoms with van der Waals surface area (Å²) in [5, 5.41) is 2.53. The number of ether oxygens (including phenoxy) is 1. The molecule has 0 aliphatic heterocycles. The third kappa shape index (κ3) is 3.76. The summed E-state index contributed by atoms with van der Waals surface area (Å²) >= 11 is 0. The summed E-state index contributed by atoms with van der Waals surface area (Å²) < 4.78 is 29.7. The van der Waals surface area contributed by atoms with E-state index >= 15 is 0 Å². The zero-order valence-electron chi connectivity index (χ0n) is 7.96. The highest BCUT2D eigenvalue weighted by atomic mass is 19.1. The predicted molar refractivity (Wildman–Crippen MR) is 51.1 cm³/mol. The molecule has 0 bridgehead atoms. The van der Waals surface area contributed by atoms with Crippen LogP contribution >= 0.6 is 0 Å². The fourth-order valence-electron chi connectivity index (χ4n) is 0.911. The first-order valence-electron chi connectivity index (χ1n) is 4.09. The van der Waals surface area contributed by atoms with Crippen LogP contribution in [0.3, 0.4) is 0 Å². The van der Waals surface area contributed by atoms with E-state index in [0.717, 1.165) is 24.3 Å². The molecule has 1 aromatic carbocycles. The van der Waals surface area contributed by atoms with Gasteiger partial charge in [0.15, 0.2) is 0 Å². The number of benzene rings is 1. The van der Waals surface area contributed by atoms with Crippen molar-refractivity contribution in [3.63, 3.8) is 0 Å². The lowest BCUT2D eigenvalue weighted by molar-refractivity contribution is -0.134. The van der Waals surface area contributed by atoms with Gasteiger partial charge in [-0.2, -0.15) is 0 Å². The molecule has 1 rings (SSSR count). The molecule has 0 fully saturated rings. The van der Waals surface area contributed by atoms with Gasteiger partial charge < -0.3 is 10.1 Å². The van der Waals surface area contributed by atoms with Crippen LogP contribution in [0.4, 0.5) is 14.5 Å². The van der Waals surface area contributed by atoms with Crippen LogP contribution in [0.5, 0.6) is 0 Å². The van der Waals surface area contributed by atoms with Gasteiger partial charge in [-0.3, -0.25) is 0 Å². The molecule has 0 spiro atoms. The Balaban J connectivity index is 2.65. The fraction of sp³-hybridized carbons (Fsp3) is 0.100. The maximum absolute atomic E-state index is 12.7. The van der Waals surface area contributed by atoms with Gasteiger partial charge in [0.2, 0.25) is 0 Å². The summed E-state index contributed by atoms with van der Waals surface area (Å²) in [4.78, 5) is 10.6. The first-order chi connectivity index (χ1) is 7.11. The Labute approximate surface area is 85.4 Å². The van der Waals surface area contributed by atoms with E-state index in [4.69, 9.17) is 0 Å². The standard InChI is InChI=1S/C10H9F2NO2/c1-15-10(14)2-3-13-9-5-7(11)4-8(12)6-9/h2-6,13H,1H3/b3-2+. The van der Waals surface area contributed by atoms with Crippen LogP contribution in [-0.2, 0) is 9.53 Å². The van der Waals surface area contributed by atoms with Gasteiger partial charge in [0.25, 0.3) is 0 Å². The first kappa shape index (κ1) is 11.2. The van der Waals surface area contributed by atoms with Crippen LogP contribution < -0.4 is 5.32 Å². The van der Waals surface area contributed by atoms with Gasteiger partial charge in [0.05, 0.1) is 7.11 Å². The molecule has 15 heavy (non-hydrogen) atoms. The molecule has 80 valence electrons. The average molecular weight is 213 g/mol. The van der Waals surface area contributed by atoms with Crippen molar-refractivity contribution in [1.82, 2.24) is 0 Å². The number of hydrogen-bond acceptors (Lipinski definition) is 3. The third-order valence-corrected chi connectivity index (χ3v) is 1.53. The second-order valence-corrected chi connectivity index (χ2v) is 2.66. The summed E-state index contributed by atoms with van der Waals surface area (Å²) in [6.07, 6.45) is 2.34. The Morgan fingerprint density at radius 1 is 1.33 bits per heavy atom. The minimum atomic E-state index is -0.691. The minimum Gasteiger partial charge on any atom is -0.466 e. The summed E-state index contributed by atoms with van der Waals surface area (Å²) in [5.74, 6) is -1.94. The van der Waals surface area contributed by atoms with E-state index in [-0.39, 0.29) is 5.69 Å². The van der Waals surface area contributed by atoms with Crippen molar-refractivity contribution in [2.24, 2.45) is 0 Å². The Morgan fingerprint density at radius 3 is 2.47 bits per heavy atom. The summed E-state index contributed by atoms with van der Waals surface area (Å²) in [6, 6.07) is 2.96. The van der Waals surface area contributed by atoms with Crippen LogP contribution in [0.25, 0.3) is 0 Å². The van der Waals surface area contributed by atoms with Crippen LogP contribution in [-0.4, -0.2) is 13.1 Å². The van der Waals surface area contributed by atoms with Gasteiger partial charge in [0, 0.05) is 24.0 Å². The molecule has 0 saturated heterocycles. The lowest BCUT2D eigenvalue weighted by atomic mass is 10.3. The number of methoxy groups -OCH3 is 1. The molecule has 0 amide bonds. The predicted octanol–water partition coefficient (Wildman–Crippen LogP) is 2.06. The van der Waals surface area contributed by atoms with Gasteiger partial charge in [-0.1, -0.05) is 0 Å². The van der Waals surface area contributed by atoms with Gasteiger partial charge in [0.1, 0.15) is 11.6 Å². The highest BCUT2D eigenvalue weighted by Gasteiger charge is 1.98. The largest absolute Gasteiger partial charge is 0.466 e. The van der Waals surface area contributed by atoms with Crippen molar-refractivity contribution < 1.29 is 18.3 Å². The molecule has 0 aliphatic rings. The van der Waals surface area contributed by atoms with Crippen molar-refractivity contribution in [3.05, 3.63) is 42.1 Å². The molecular formula is C10H9F2NO2. The van der Waals surface area contributed by atoms with Gasteiger partial charge in [-0.05, 0) is 12.1 Å². The van der Waals surface area contributed by atoms with Crippen LogP contribution in [0.15, 0.2) is 30.5 Å². The van der Waals surface area contributed by atoms with Crippen molar-refractivity contribution in [1.29, 1.82) is 0 Å². The number of carbonyl (C=O) groups excluding carboxylic acids is 1. The van der Waals surface area contributed by atoms with Crippen LogP contribution in [0.1, 0.15) is 0 Å². The van der Waals surface area contributed by atoms with E-state index in [9.17, 15) is 13.6 Å². The van der Waals surface area contributed by atoms with Crippen LogP contribution in [0, 0.1) is 11.6 Å². The second kappa shape index (κ2) is 5.09. The normalized spacial score (nSPS) is 10.3.